The number of rotatable bonds is 3. The summed E-state index contributed by atoms with van der Waals surface area (Å²) in [6.45, 7) is 7.50. The highest BCUT2D eigenvalue weighted by Gasteiger charge is 2.18. The third kappa shape index (κ3) is 3.12. The molecule has 0 saturated heterocycles. The second kappa shape index (κ2) is 4.66. The molecule has 19 heavy (non-hydrogen) atoms. The highest BCUT2D eigenvalue weighted by Crippen LogP contribution is 2.27. The number of nitrogens with zero attached hydrogens (tertiary/aromatic N) is 2. The van der Waals surface area contributed by atoms with Crippen LogP contribution in [0.3, 0.4) is 0 Å². The van der Waals surface area contributed by atoms with E-state index in [9.17, 15) is 5.11 Å². The normalized spacial score (nSPS) is 11.8. The fourth-order valence-electron chi connectivity index (χ4n) is 1.92. The lowest BCUT2D eigenvalue weighted by Crippen LogP contribution is -2.34. The summed E-state index contributed by atoms with van der Waals surface area (Å²) in [5.41, 5.74) is 7.95. The summed E-state index contributed by atoms with van der Waals surface area (Å²) < 4.78 is 5.20. The molecule has 2 rings (SSSR count). The van der Waals surface area contributed by atoms with Crippen LogP contribution in [0.25, 0.3) is 11.4 Å². The molecule has 0 spiro atoms. The van der Waals surface area contributed by atoms with Gasteiger partial charge in [0.15, 0.2) is 0 Å². The van der Waals surface area contributed by atoms with Crippen molar-refractivity contribution in [3.8, 4) is 17.1 Å². The second-order valence-electron chi connectivity index (χ2n) is 5.64. The molecule has 1 aromatic carbocycles. The quantitative estimate of drug-likeness (QED) is 0.885. The van der Waals surface area contributed by atoms with E-state index in [2.05, 4.69) is 10.1 Å². The van der Waals surface area contributed by atoms with E-state index in [0.29, 0.717) is 23.9 Å². The van der Waals surface area contributed by atoms with Crippen molar-refractivity contribution in [3.63, 3.8) is 0 Å². The molecule has 2 aromatic rings. The number of nitrogens with two attached hydrogens (primary N) is 1. The lowest BCUT2D eigenvalue weighted by molar-refractivity contribution is 0.348. The molecule has 0 atom stereocenters. The topological polar surface area (TPSA) is 85.2 Å². The molecule has 0 radical (unpaired) electrons. The number of aromatic nitrogens is 2. The van der Waals surface area contributed by atoms with Gasteiger partial charge in [-0.2, -0.15) is 4.98 Å². The van der Waals surface area contributed by atoms with Crippen LogP contribution in [-0.4, -0.2) is 20.8 Å². The van der Waals surface area contributed by atoms with Crippen LogP contribution in [0.5, 0.6) is 5.75 Å². The molecule has 102 valence electrons. The van der Waals surface area contributed by atoms with Crippen LogP contribution in [-0.2, 0) is 6.42 Å². The Morgan fingerprint density at radius 1 is 1.26 bits per heavy atom. The van der Waals surface area contributed by atoms with Gasteiger partial charge in [0.1, 0.15) is 5.75 Å². The van der Waals surface area contributed by atoms with Crippen LogP contribution in [0.1, 0.15) is 30.9 Å². The van der Waals surface area contributed by atoms with E-state index in [4.69, 9.17) is 10.3 Å². The van der Waals surface area contributed by atoms with Crippen molar-refractivity contribution in [1.29, 1.82) is 0 Å². The summed E-state index contributed by atoms with van der Waals surface area (Å²) in [4.78, 5) is 4.34. The minimum absolute atomic E-state index is 0.301. The van der Waals surface area contributed by atoms with Gasteiger partial charge in [-0.05, 0) is 51.0 Å². The first kappa shape index (κ1) is 13.5. The summed E-state index contributed by atoms with van der Waals surface area (Å²) >= 11 is 0. The number of hydrogen-bond acceptors (Lipinski definition) is 5. The molecule has 0 unspecified atom stereocenters. The zero-order chi connectivity index (χ0) is 14.2. The molecule has 0 aliphatic rings. The van der Waals surface area contributed by atoms with E-state index in [1.54, 1.807) is 0 Å². The van der Waals surface area contributed by atoms with E-state index in [1.807, 2.05) is 39.8 Å². The summed E-state index contributed by atoms with van der Waals surface area (Å²) in [6.07, 6.45) is 0.524. The van der Waals surface area contributed by atoms with Crippen LogP contribution in [0, 0.1) is 13.8 Å². The average Bonchev–Trinajstić information content (AvgIpc) is 2.71. The fourth-order valence-corrected chi connectivity index (χ4v) is 1.92. The Balaban J connectivity index is 2.33. The van der Waals surface area contributed by atoms with Crippen molar-refractivity contribution < 1.29 is 9.63 Å². The number of phenols is 1. The molecule has 0 saturated carbocycles. The van der Waals surface area contributed by atoms with Crippen LogP contribution in [0.4, 0.5) is 0 Å². The molecule has 1 aromatic heterocycles. The first-order valence-corrected chi connectivity index (χ1v) is 6.18. The molecule has 3 N–H and O–H groups in total. The van der Waals surface area contributed by atoms with Crippen LogP contribution in [0.2, 0.25) is 0 Å². The van der Waals surface area contributed by atoms with Gasteiger partial charge in [0.05, 0.1) is 0 Å². The first-order valence-electron chi connectivity index (χ1n) is 6.18. The van der Waals surface area contributed by atoms with Gasteiger partial charge in [0.25, 0.3) is 0 Å². The summed E-state index contributed by atoms with van der Waals surface area (Å²) in [5, 5.41) is 13.7. The minimum atomic E-state index is -0.384. The van der Waals surface area contributed by atoms with Crippen molar-refractivity contribution in [1.82, 2.24) is 10.1 Å². The number of hydrogen-bond donors (Lipinski definition) is 2. The number of aromatic hydroxyl groups is 1. The standard InChI is InChI=1S/C14H19N3O2/c1-8-5-10(6-9(2)12(8)18)13-16-11(19-17-13)7-14(3,4)15/h5-6,18H,7,15H2,1-4H3. The SMILES string of the molecule is Cc1cc(-c2noc(CC(C)(C)N)n2)cc(C)c1O. The predicted molar refractivity (Wildman–Crippen MR) is 72.8 cm³/mol. The molecular weight excluding hydrogens is 242 g/mol. The van der Waals surface area contributed by atoms with Gasteiger partial charge in [0.2, 0.25) is 11.7 Å². The van der Waals surface area contributed by atoms with Crippen molar-refractivity contribution in [3.05, 3.63) is 29.2 Å². The van der Waals surface area contributed by atoms with E-state index in [0.717, 1.165) is 16.7 Å². The maximum absolute atomic E-state index is 9.75. The number of aryl methyl sites for hydroxylation is 2. The fraction of sp³-hybridized carbons (Fsp3) is 0.429. The van der Waals surface area contributed by atoms with Gasteiger partial charge < -0.3 is 15.4 Å². The highest BCUT2D eigenvalue weighted by molar-refractivity contribution is 5.60. The Morgan fingerprint density at radius 2 is 1.84 bits per heavy atom. The zero-order valence-electron chi connectivity index (χ0n) is 11.7. The Bertz CT molecular complexity index is 574. The smallest absolute Gasteiger partial charge is 0.228 e. The van der Waals surface area contributed by atoms with Gasteiger partial charge in [-0.3, -0.25) is 0 Å². The Kier molecular flexibility index (Phi) is 3.32. The molecule has 1 heterocycles. The molecule has 0 bridgehead atoms. The lowest BCUT2D eigenvalue weighted by atomic mass is 10.0. The van der Waals surface area contributed by atoms with E-state index in [1.165, 1.54) is 0 Å². The Labute approximate surface area is 112 Å². The third-order valence-electron chi connectivity index (χ3n) is 2.82. The average molecular weight is 261 g/mol. The zero-order valence-corrected chi connectivity index (χ0v) is 11.7. The summed E-state index contributed by atoms with van der Waals surface area (Å²) in [5.74, 6) is 1.34. The maximum atomic E-state index is 9.75. The van der Waals surface area contributed by atoms with Crippen LogP contribution < -0.4 is 5.73 Å². The van der Waals surface area contributed by atoms with E-state index in [-0.39, 0.29) is 5.54 Å². The Morgan fingerprint density at radius 3 is 2.37 bits per heavy atom. The molecule has 0 fully saturated rings. The van der Waals surface area contributed by atoms with E-state index >= 15 is 0 Å². The molecule has 5 heteroatoms. The van der Waals surface area contributed by atoms with Gasteiger partial charge >= 0.3 is 0 Å². The van der Waals surface area contributed by atoms with E-state index < -0.39 is 0 Å². The molecule has 5 nitrogen and oxygen atoms in total. The van der Waals surface area contributed by atoms with Crippen LogP contribution >= 0.6 is 0 Å². The molecular formula is C14H19N3O2. The summed E-state index contributed by atoms with van der Waals surface area (Å²) in [7, 11) is 0. The largest absolute Gasteiger partial charge is 0.507 e. The van der Waals surface area contributed by atoms with Crippen molar-refractivity contribution in [2.45, 2.75) is 39.7 Å². The van der Waals surface area contributed by atoms with Crippen molar-refractivity contribution >= 4 is 0 Å². The van der Waals surface area contributed by atoms with Gasteiger partial charge in [0, 0.05) is 17.5 Å². The summed E-state index contributed by atoms with van der Waals surface area (Å²) in [6, 6.07) is 3.68. The minimum Gasteiger partial charge on any atom is -0.507 e. The maximum Gasteiger partial charge on any atom is 0.228 e. The van der Waals surface area contributed by atoms with Gasteiger partial charge in [-0.25, -0.2) is 0 Å². The molecule has 0 aliphatic carbocycles. The third-order valence-corrected chi connectivity index (χ3v) is 2.82. The monoisotopic (exact) mass is 261 g/mol. The lowest BCUT2D eigenvalue weighted by Gasteiger charge is -2.14. The van der Waals surface area contributed by atoms with Gasteiger partial charge in [-0.1, -0.05) is 5.16 Å². The predicted octanol–water partition coefficient (Wildman–Crippen LogP) is 2.34. The van der Waals surface area contributed by atoms with Crippen LogP contribution in [0.15, 0.2) is 16.7 Å². The first-order chi connectivity index (χ1) is 8.76. The molecule has 0 amide bonds. The van der Waals surface area contributed by atoms with Crippen molar-refractivity contribution in [2.75, 3.05) is 0 Å². The van der Waals surface area contributed by atoms with Gasteiger partial charge in [-0.15, -0.1) is 0 Å². The second-order valence-corrected chi connectivity index (χ2v) is 5.64. The number of phenolic OH excluding ortho intramolecular Hbond substituents is 1. The van der Waals surface area contributed by atoms with Crippen molar-refractivity contribution in [2.24, 2.45) is 5.73 Å². The highest BCUT2D eigenvalue weighted by atomic mass is 16.5. The Hall–Kier alpha value is -1.88. The molecule has 0 aliphatic heterocycles. The number of benzene rings is 1.